The number of carbonyl (C=O) groups is 1. The fourth-order valence-corrected chi connectivity index (χ4v) is 2.85. The monoisotopic (exact) mass is 458 g/mol. The van der Waals surface area contributed by atoms with E-state index < -0.39 is 5.41 Å². The normalized spacial score (nSPS) is 14.4. The van der Waals surface area contributed by atoms with E-state index in [2.05, 4.69) is 46.7 Å². The van der Waals surface area contributed by atoms with E-state index in [0.717, 1.165) is 32.0 Å². The van der Waals surface area contributed by atoms with Crippen molar-refractivity contribution in [2.75, 3.05) is 26.2 Å². The Morgan fingerprint density at radius 3 is 2.44 bits per heavy atom. The molecule has 1 aliphatic rings. The van der Waals surface area contributed by atoms with E-state index in [1.165, 1.54) is 11.1 Å². The third-order valence-corrected chi connectivity index (χ3v) is 4.34. The molecule has 0 atom stereocenters. The summed E-state index contributed by atoms with van der Waals surface area (Å²) in [7, 11) is 0. The minimum Gasteiger partial charge on any atom is -0.357 e. The highest BCUT2D eigenvalue weighted by atomic mass is 127. The number of fused-ring (bicyclic) bond motifs is 1. The molecule has 1 aromatic carbocycles. The Morgan fingerprint density at radius 2 is 1.80 bits per heavy atom. The van der Waals surface area contributed by atoms with E-state index in [1.54, 1.807) is 0 Å². The fourth-order valence-electron chi connectivity index (χ4n) is 2.85. The molecule has 0 bridgehead atoms. The van der Waals surface area contributed by atoms with Crippen molar-refractivity contribution in [1.82, 2.24) is 15.5 Å². The number of guanidine groups is 1. The summed E-state index contributed by atoms with van der Waals surface area (Å²) in [6.07, 6.45) is 1.03. The molecule has 2 rings (SSSR count). The average Bonchev–Trinajstić information content (AvgIpc) is 2.58. The molecule has 0 fully saturated rings. The van der Waals surface area contributed by atoms with Crippen molar-refractivity contribution in [2.24, 2.45) is 10.4 Å². The molecule has 0 saturated heterocycles. The molecule has 5 nitrogen and oxygen atoms in total. The number of benzene rings is 1. The lowest BCUT2D eigenvalue weighted by molar-refractivity contribution is -0.128. The van der Waals surface area contributed by atoms with Gasteiger partial charge in [-0.25, -0.2) is 0 Å². The van der Waals surface area contributed by atoms with Crippen molar-refractivity contribution < 1.29 is 4.79 Å². The van der Waals surface area contributed by atoms with Gasteiger partial charge in [0.15, 0.2) is 5.96 Å². The predicted molar refractivity (Wildman–Crippen MR) is 114 cm³/mol. The number of halogens is 1. The van der Waals surface area contributed by atoms with Crippen LogP contribution in [0.25, 0.3) is 0 Å². The largest absolute Gasteiger partial charge is 0.357 e. The highest BCUT2D eigenvalue weighted by Crippen LogP contribution is 2.20. The molecule has 0 aliphatic carbocycles. The summed E-state index contributed by atoms with van der Waals surface area (Å²) in [5.74, 6) is 0.943. The van der Waals surface area contributed by atoms with Crippen LogP contribution < -0.4 is 10.6 Å². The van der Waals surface area contributed by atoms with E-state index in [4.69, 9.17) is 4.99 Å². The lowest BCUT2D eigenvalue weighted by Gasteiger charge is -2.32. The third kappa shape index (κ3) is 5.87. The van der Waals surface area contributed by atoms with Gasteiger partial charge in [-0.05, 0) is 45.2 Å². The molecular weight excluding hydrogens is 427 g/mol. The zero-order valence-electron chi connectivity index (χ0n) is 15.8. The Kier molecular flexibility index (Phi) is 8.68. The minimum absolute atomic E-state index is 0. The number of amides is 1. The topological polar surface area (TPSA) is 56.7 Å². The lowest BCUT2D eigenvalue weighted by Crippen LogP contribution is -2.45. The summed E-state index contributed by atoms with van der Waals surface area (Å²) in [5.41, 5.74) is 2.27. The van der Waals surface area contributed by atoms with Gasteiger partial charge in [0.05, 0.1) is 12.0 Å². The molecule has 140 valence electrons. The van der Waals surface area contributed by atoms with E-state index >= 15 is 0 Å². The van der Waals surface area contributed by atoms with Crippen molar-refractivity contribution in [1.29, 1.82) is 0 Å². The first-order chi connectivity index (χ1) is 11.5. The van der Waals surface area contributed by atoms with Crippen LogP contribution in [0.4, 0.5) is 0 Å². The van der Waals surface area contributed by atoms with Crippen LogP contribution in [0.5, 0.6) is 0 Å². The SMILES string of the molecule is CCNC(=O)C(C)(C)CN=C(NCC)N1CCc2ccccc2C1.I. The molecule has 0 radical (unpaired) electrons. The first-order valence-corrected chi connectivity index (χ1v) is 8.86. The summed E-state index contributed by atoms with van der Waals surface area (Å²) in [4.78, 5) is 19.2. The van der Waals surface area contributed by atoms with Gasteiger partial charge in [0, 0.05) is 26.2 Å². The molecule has 0 saturated carbocycles. The number of rotatable bonds is 5. The second-order valence-electron chi connectivity index (χ2n) is 6.85. The van der Waals surface area contributed by atoms with E-state index in [-0.39, 0.29) is 29.9 Å². The first-order valence-electron chi connectivity index (χ1n) is 8.86. The van der Waals surface area contributed by atoms with Crippen molar-refractivity contribution in [3.05, 3.63) is 35.4 Å². The molecule has 1 aliphatic heterocycles. The Balaban J connectivity index is 0.00000312. The third-order valence-electron chi connectivity index (χ3n) is 4.34. The molecule has 2 N–H and O–H groups in total. The quantitative estimate of drug-likeness (QED) is 0.406. The van der Waals surface area contributed by atoms with E-state index in [9.17, 15) is 4.79 Å². The standard InChI is InChI=1S/C19H30N4O.HI/c1-5-20-17(24)19(3,4)14-22-18(21-6-2)23-12-11-15-9-7-8-10-16(15)13-23;/h7-10H,5-6,11-14H2,1-4H3,(H,20,24)(H,21,22);1H. The van der Waals surface area contributed by atoms with Gasteiger partial charge < -0.3 is 15.5 Å². The number of aliphatic imine (C=N–C) groups is 1. The van der Waals surface area contributed by atoms with E-state index in [1.807, 2.05) is 20.8 Å². The van der Waals surface area contributed by atoms with Gasteiger partial charge in [0.1, 0.15) is 0 Å². The maximum absolute atomic E-state index is 12.2. The molecule has 25 heavy (non-hydrogen) atoms. The Morgan fingerprint density at radius 1 is 1.16 bits per heavy atom. The number of hydrogen-bond acceptors (Lipinski definition) is 2. The smallest absolute Gasteiger partial charge is 0.227 e. The van der Waals surface area contributed by atoms with Gasteiger partial charge in [-0.3, -0.25) is 9.79 Å². The van der Waals surface area contributed by atoms with Crippen LogP contribution in [0.1, 0.15) is 38.8 Å². The summed E-state index contributed by atoms with van der Waals surface area (Å²) >= 11 is 0. The Hall–Kier alpha value is -1.31. The van der Waals surface area contributed by atoms with Gasteiger partial charge in [-0.2, -0.15) is 0 Å². The molecule has 1 heterocycles. The zero-order chi connectivity index (χ0) is 17.6. The highest BCUT2D eigenvalue weighted by Gasteiger charge is 2.27. The summed E-state index contributed by atoms with van der Waals surface area (Å²) in [6.45, 7) is 11.6. The van der Waals surface area contributed by atoms with Crippen LogP contribution in [0.15, 0.2) is 29.3 Å². The Bertz CT molecular complexity index is 601. The number of nitrogens with one attached hydrogen (secondary N) is 2. The second-order valence-corrected chi connectivity index (χ2v) is 6.85. The first kappa shape index (κ1) is 21.7. The molecule has 0 unspecified atom stereocenters. The minimum atomic E-state index is -0.510. The van der Waals surface area contributed by atoms with Crippen molar-refractivity contribution >= 4 is 35.8 Å². The van der Waals surface area contributed by atoms with Crippen LogP contribution in [0, 0.1) is 5.41 Å². The number of hydrogen-bond donors (Lipinski definition) is 2. The van der Waals surface area contributed by atoms with E-state index in [0.29, 0.717) is 13.1 Å². The van der Waals surface area contributed by atoms with Gasteiger partial charge in [-0.15, -0.1) is 24.0 Å². The number of nitrogens with zero attached hydrogens (tertiary/aromatic N) is 2. The molecule has 1 aromatic rings. The van der Waals surface area contributed by atoms with Crippen LogP contribution in [0.2, 0.25) is 0 Å². The maximum Gasteiger partial charge on any atom is 0.227 e. The van der Waals surface area contributed by atoms with Gasteiger partial charge in [0.25, 0.3) is 0 Å². The second kappa shape index (κ2) is 9.99. The van der Waals surface area contributed by atoms with Gasteiger partial charge >= 0.3 is 0 Å². The van der Waals surface area contributed by atoms with Crippen LogP contribution in [-0.4, -0.2) is 42.9 Å². The molecule has 0 aromatic heterocycles. The predicted octanol–water partition coefficient (Wildman–Crippen LogP) is 2.79. The molecule has 0 spiro atoms. The van der Waals surface area contributed by atoms with Crippen molar-refractivity contribution in [2.45, 2.75) is 40.7 Å². The summed E-state index contributed by atoms with van der Waals surface area (Å²) in [5, 5.41) is 6.26. The molecule has 1 amide bonds. The van der Waals surface area contributed by atoms with Crippen molar-refractivity contribution in [3.63, 3.8) is 0 Å². The number of carbonyl (C=O) groups excluding carboxylic acids is 1. The van der Waals surface area contributed by atoms with Gasteiger partial charge in [0.2, 0.25) is 5.91 Å². The van der Waals surface area contributed by atoms with Crippen LogP contribution in [0.3, 0.4) is 0 Å². The zero-order valence-corrected chi connectivity index (χ0v) is 18.1. The van der Waals surface area contributed by atoms with Crippen LogP contribution in [-0.2, 0) is 17.8 Å². The van der Waals surface area contributed by atoms with Crippen LogP contribution >= 0.6 is 24.0 Å². The lowest BCUT2D eigenvalue weighted by atomic mass is 9.92. The highest BCUT2D eigenvalue weighted by molar-refractivity contribution is 14.0. The molecule has 6 heteroatoms. The average molecular weight is 458 g/mol. The fraction of sp³-hybridized carbons (Fsp3) is 0.579. The molecular formula is C19H31IN4O. The van der Waals surface area contributed by atoms with Gasteiger partial charge in [-0.1, -0.05) is 24.3 Å². The summed E-state index contributed by atoms with van der Waals surface area (Å²) in [6, 6.07) is 8.58. The maximum atomic E-state index is 12.2. The van der Waals surface area contributed by atoms with Crippen molar-refractivity contribution in [3.8, 4) is 0 Å². The Labute approximate surface area is 168 Å². The summed E-state index contributed by atoms with van der Waals surface area (Å²) < 4.78 is 0.